The van der Waals surface area contributed by atoms with Crippen LogP contribution in [0.15, 0.2) is 6.07 Å². The van der Waals surface area contributed by atoms with E-state index in [4.69, 9.17) is 21.4 Å². The average molecular weight is 300 g/mol. The molecule has 1 saturated carbocycles. The van der Waals surface area contributed by atoms with Gasteiger partial charge in [0.2, 0.25) is 17.7 Å². The fraction of sp³-hybridized carbons (Fsp3) is 0.500. The number of anilines is 1. The third-order valence-corrected chi connectivity index (χ3v) is 3.46. The summed E-state index contributed by atoms with van der Waals surface area (Å²) in [6.07, 6.45) is 1.38. The molecule has 2 N–H and O–H groups in total. The van der Waals surface area contributed by atoms with E-state index in [9.17, 15) is 9.59 Å². The Labute approximate surface area is 120 Å². The first kappa shape index (κ1) is 14.5. The maximum absolute atomic E-state index is 12.0. The number of aliphatic carboxylic acids is 1. The number of carboxylic acids is 1. The van der Waals surface area contributed by atoms with Crippen molar-refractivity contribution in [3.8, 4) is 5.88 Å². The highest BCUT2D eigenvalue weighted by Crippen LogP contribution is 2.31. The Morgan fingerprint density at radius 1 is 1.40 bits per heavy atom. The summed E-state index contributed by atoms with van der Waals surface area (Å²) in [4.78, 5) is 30.7. The minimum Gasteiger partial charge on any atom is -0.481 e. The van der Waals surface area contributed by atoms with Crippen LogP contribution in [-0.2, 0) is 9.59 Å². The lowest BCUT2D eigenvalue weighted by molar-refractivity contribution is -0.141. The van der Waals surface area contributed by atoms with E-state index in [1.54, 1.807) is 0 Å². The standard InChI is InChI=1S/C12H14ClN3O4/c1-20-9-5-8(13)14-12(15-9)16-10(17)6-2-3-7(4-6)11(18)19/h5-7H,2-4H2,1H3,(H,18,19)(H,14,15,16,17). The van der Waals surface area contributed by atoms with Crippen LogP contribution in [-0.4, -0.2) is 34.1 Å². The number of nitrogens with one attached hydrogen (secondary N) is 1. The van der Waals surface area contributed by atoms with Gasteiger partial charge in [0.05, 0.1) is 13.0 Å². The fourth-order valence-corrected chi connectivity index (χ4v) is 2.39. The Kier molecular flexibility index (Phi) is 4.39. The molecule has 0 aliphatic heterocycles. The van der Waals surface area contributed by atoms with Gasteiger partial charge in [-0.3, -0.25) is 14.9 Å². The van der Waals surface area contributed by atoms with E-state index < -0.39 is 11.9 Å². The normalized spacial score (nSPS) is 21.5. The van der Waals surface area contributed by atoms with E-state index in [2.05, 4.69) is 15.3 Å². The Morgan fingerprint density at radius 2 is 2.10 bits per heavy atom. The van der Waals surface area contributed by atoms with Crippen LogP contribution in [0.5, 0.6) is 5.88 Å². The summed E-state index contributed by atoms with van der Waals surface area (Å²) in [6, 6.07) is 1.42. The molecule has 2 rings (SSSR count). The number of nitrogens with zero attached hydrogens (tertiary/aromatic N) is 2. The van der Waals surface area contributed by atoms with E-state index in [0.717, 1.165) is 0 Å². The lowest BCUT2D eigenvalue weighted by atomic mass is 10.0. The number of rotatable bonds is 4. The van der Waals surface area contributed by atoms with Gasteiger partial charge in [-0.15, -0.1) is 0 Å². The zero-order valence-corrected chi connectivity index (χ0v) is 11.6. The van der Waals surface area contributed by atoms with E-state index in [1.807, 2.05) is 0 Å². The third kappa shape index (κ3) is 3.36. The molecule has 1 aliphatic rings. The lowest BCUT2D eigenvalue weighted by Crippen LogP contribution is -2.23. The smallest absolute Gasteiger partial charge is 0.306 e. The van der Waals surface area contributed by atoms with Crippen molar-refractivity contribution in [3.63, 3.8) is 0 Å². The number of carbonyl (C=O) groups is 2. The van der Waals surface area contributed by atoms with Crippen molar-refractivity contribution in [2.24, 2.45) is 11.8 Å². The number of ether oxygens (including phenoxy) is 1. The monoisotopic (exact) mass is 299 g/mol. The highest BCUT2D eigenvalue weighted by Gasteiger charge is 2.34. The van der Waals surface area contributed by atoms with Crippen LogP contribution in [0.2, 0.25) is 5.15 Å². The van der Waals surface area contributed by atoms with Crippen LogP contribution in [0.3, 0.4) is 0 Å². The van der Waals surface area contributed by atoms with Gasteiger partial charge in [0.15, 0.2) is 0 Å². The molecule has 7 nitrogen and oxygen atoms in total. The first-order valence-electron chi connectivity index (χ1n) is 6.12. The molecule has 1 heterocycles. The third-order valence-electron chi connectivity index (χ3n) is 3.27. The quantitative estimate of drug-likeness (QED) is 0.818. The first-order chi connectivity index (χ1) is 9.49. The van der Waals surface area contributed by atoms with Crippen molar-refractivity contribution >= 4 is 29.4 Å². The molecule has 0 aromatic carbocycles. The molecule has 1 aromatic rings. The molecule has 0 bridgehead atoms. The van der Waals surface area contributed by atoms with Gasteiger partial charge in [0.1, 0.15) is 5.15 Å². The number of halogens is 1. The molecule has 1 amide bonds. The van der Waals surface area contributed by atoms with Crippen LogP contribution in [0.1, 0.15) is 19.3 Å². The van der Waals surface area contributed by atoms with E-state index in [-0.39, 0.29) is 28.8 Å². The second-order valence-electron chi connectivity index (χ2n) is 4.59. The van der Waals surface area contributed by atoms with Crippen molar-refractivity contribution in [2.45, 2.75) is 19.3 Å². The highest BCUT2D eigenvalue weighted by atomic mass is 35.5. The van der Waals surface area contributed by atoms with E-state index in [0.29, 0.717) is 19.3 Å². The molecular formula is C12H14ClN3O4. The van der Waals surface area contributed by atoms with Gasteiger partial charge in [-0.1, -0.05) is 11.6 Å². The summed E-state index contributed by atoms with van der Waals surface area (Å²) in [6.45, 7) is 0. The number of methoxy groups -OCH3 is 1. The zero-order chi connectivity index (χ0) is 14.7. The molecule has 2 atom stereocenters. The molecule has 1 aromatic heterocycles. The summed E-state index contributed by atoms with van der Waals surface area (Å²) in [5.41, 5.74) is 0. The number of hydrogen-bond donors (Lipinski definition) is 2. The van der Waals surface area contributed by atoms with E-state index in [1.165, 1.54) is 13.2 Å². The minimum atomic E-state index is -0.860. The van der Waals surface area contributed by atoms with Crippen LogP contribution in [0, 0.1) is 11.8 Å². The van der Waals surface area contributed by atoms with Gasteiger partial charge in [0.25, 0.3) is 0 Å². The Bertz CT molecular complexity index is 537. The molecule has 0 spiro atoms. The Hall–Kier alpha value is -1.89. The highest BCUT2D eigenvalue weighted by molar-refractivity contribution is 6.29. The Morgan fingerprint density at radius 3 is 2.70 bits per heavy atom. The molecule has 20 heavy (non-hydrogen) atoms. The van der Waals surface area contributed by atoms with Crippen LogP contribution < -0.4 is 10.1 Å². The predicted molar refractivity (Wildman–Crippen MR) is 70.7 cm³/mol. The number of carbonyl (C=O) groups excluding carboxylic acids is 1. The topological polar surface area (TPSA) is 101 Å². The lowest BCUT2D eigenvalue weighted by Gasteiger charge is -2.10. The molecule has 0 radical (unpaired) electrons. The maximum Gasteiger partial charge on any atom is 0.306 e. The van der Waals surface area contributed by atoms with Crippen LogP contribution in [0.25, 0.3) is 0 Å². The molecule has 2 unspecified atom stereocenters. The summed E-state index contributed by atoms with van der Waals surface area (Å²) in [5, 5.41) is 11.6. The minimum absolute atomic E-state index is 0.0538. The molecule has 8 heteroatoms. The fourth-order valence-electron chi connectivity index (χ4n) is 2.21. The summed E-state index contributed by atoms with van der Waals surface area (Å²) < 4.78 is 4.93. The number of amides is 1. The molecule has 1 fully saturated rings. The van der Waals surface area contributed by atoms with Crippen molar-refractivity contribution in [2.75, 3.05) is 12.4 Å². The molecule has 1 aliphatic carbocycles. The van der Waals surface area contributed by atoms with Crippen molar-refractivity contribution in [1.82, 2.24) is 9.97 Å². The predicted octanol–water partition coefficient (Wildman–Crippen LogP) is 1.58. The van der Waals surface area contributed by atoms with E-state index >= 15 is 0 Å². The number of carboxylic acid groups (broad SMARTS) is 1. The van der Waals surface area contributed by atoms with Crippen molar-refractivity contribution in [1.29, 1.82) is 0 Å². The van der Waals surface area contributed by atoms with Crippen molar-refractivity contribution < 1.29 is 19.4 Å². The Balaban J connectivity index is 2.02. The largest absolute Gasteiger partial charge is 0.481 e. The van der Waals surface area contributed by atoms with Crippen LogP contribution in [0.4, 0.5) is 5.95 Å². The molecule has 0 saturated heterocycles. The van der Waals surface area contributed by atoms with Gasteiger partial charge in [-0.2, -0.15) is 4.98 Å². The number of aromatic nitrogens is 2. The number of hydrogen-bond acceptors (Lipinski definition) is 5. The SMILES string of the molecule is COc1cc(Cl)nc(NC(=O)C2CCC(C(=O)O)C2)n1. The maximum atomic E-state index is 12.0. The summed E-state index contributed by atoms with van der Waals surface area (Å²) in [5.74, 6) is -1.66. The van der Waals surface area contributed by atoms with Gasteiger partial charge in [-0.25, -0.2) is 4.98 Å². The summed E-state index contributed by atoms with van der Waals surface area (Å²) >= 11 is 5.78. The van der Waals surface area contributed by atoms with Gasteiger partial charge in [-0.05, 0) is 19.3 Å². The second-order valence-corrected chi connectivity index (χ2v) is 4.98. The summed E-state index contributed by atoms with van der Waals surface area (Å²) in [7, 11) is 1.43. The van der Waals surface area contributed by atoms with Gasteiger partial charge in [0, 0.05) is 12.0 Å². The average Bonchev–Trinajstić information content (AvgIpc) is 2.87. The van der Waals surface area contributed by atoms with Gasteiger partial charge < -0.3 is 9.84 Å². The van der Waals surface area contributed by atoms with Crippen molar-refractivity contribution in [3.05, 3.63) is 11.2 Å². The zero-order valence-electron chi connectivity index (χ0n) is 10.8. The molecular weight excluding hydrogens is 286 g/mol. The van der Waals surface area contributed by atoms with Crippen LogP contribution >= 0.6 is 11.6 Å². The molecule has 108 valence electrons. The first-order valence-corrected chi connectivity index (χ1v) is 6.49. The van der Waals surface area contributed by atoms with Gasteiger partial charge >= 0.3 is 5.97 Å². The second kappa shape index (κ2) is 6.04.